The van der Waals surface area contributed by atoms with Gasteiger partial charge in [-0.3, -0.25) is 9.59 Å². The van der Waals surface area contributed by atoms with Crippen molar-refractivity contribution >= 4 is 22.7 Å². The van der Waals surface area contributed by atoms with Crippen molar-refractivity contribution in [1.29, 1.82) is 0 Å². The first-order valence-electron chi connectivity index (χ1n) is 8.64. The van der Waals surface area contributed by atoms with E-state index in [4.69, 9.17) is 5.73 Å². The van der Waals surface area contributed by atoms with E-state index in [9.17, 15) is 14.0 Å². The number of aromatic amines is 1. The number of nitrogens with two attached hydrogens (primary N) is 1. The molecule has 0 fully saturated rings. The fraction of sp³-hybridized carbons (Fsp3) is 0.238. The summed E-state index contributed by atoms with van der Waals surface area (Å²) < 4.78 is 13.1. The Morgan fingerprint density at radius 1 is 1.07 bits per heavy atom. The number of aromatic nitrogens is 1. The van der Waals surface area contributed by atoms with Crippen LogP contribution in [0.2, 0.25) is 0 Å². The fourth-order valence-electron chi connectivity index (χ4n) is 2.90. The van der Waals surface area contributed by atoms with Crippen molar-refractivity contribution in [3.63, 3.8) is 0 Å². The Balaban J connectivity index is 1.88. The first kappa shape index (κ1) is 18.6. The maximum absolute atomic E-state index is 13.1. The standard InChI is InChI=1S/C21H22FN3O2/c1-21(2,3)14-7-4-13-10-17(24-16(13)11-14)20(27)25-18(19(23)26)12-5-8-15(22)9-6-12/h4-11,18,24H,1-3H3,(H2,23,26)(H,25,27). The number of rotatable bonds is 4. The van der Waals surface area contributed by atoms with E-state index >= 15 is 0 Å². The molecule has 0 saturated carbocycles. The molecule has 1 atom stereocenters. The lowest BCUT2D eigenvalue weighted by atomic mass is 9.87. The highest BCUT2D eigenvalue weighted by molar-refractivity contribution is 6.00. The summed E-state index contributed by atoms with van der Waals surface area (Å²) in [5.74, 6) is -1.61. The summed E-state index contributed by atoms with van der Waals surface area (Å²) in [5, 5.41) is 3.50. The number of carbonyl (C=O) groups excluding carboxylic acids is 2. The number of H-pyrrole nitrogens is 1. The zero-order valence-electron chi connectivity index (χ0n) is 15.5. The Bertz CT molecular complexity index is 1000. The molecule has 3 aromatic rings. The van der Waals surface area contributed by atoms with Crippen LogP contribution in [-0.2, 0) is 10.2 Å². The summed E-state index contributed by atoms with van der Waals surface area (Å²) in [5.41, 5.74) is 8.13. The van der Waals surface area contributed by atoms with Gasteiger partial charge >= 0.3 is 0 Å². The number of primary amides is 1. The quantitative estimate of drug-likeness (QED) is 0.658. The minimum Gasteiger partial charge on any atom is -0.368 e. The zero-order chi connectivity index (χ0) is 19.8. The second-order valence-corrected chi connectivity index (χ2v) is 7.60. The van der Waals surface area contributed by atoms with Crippen LogP contribution >= 0.6 is 0 Å². The van der Waals surface area contributed by atoms with Crippen LogP contribution in [-0.4, -0.2) is 16.8 Å². The molecule has 2 aromatic carbocycles. The van der Waals surface area contributed by atoms with E-state index < -0.39 is 23.7 Å². The maximum atomic E-state index is 13.1. The monoisotopic (exact) mass is 367 g/mol. The van der Waals surface area contributed by atoms with Crippen LogP contribution < -0.4 is 11.1 Å². The molecule has 140 valence electrons. The van der Waals surface area contributed by atoms with Gasteiger partial charge in [0.1, 0.15) is 17.6 Å². The fourth-order valence-corrected chi connectivity index (χ4v) is 2.90. The van der Waals surface area contributed by atoms with Crippen LogP contribution in [0.15, 0.2) is 48.5 Å². The van der Waals surface area contributed by atoms with Crippen molar-refractivity contribution in [1.82, 2.24) is 10.3 Å². The molecule has 0 radical (unpaired) electrons. The van der Waals surface area contributed by atoms with Crippen molar-refractivity contribution in [2.45, 2.75) is 32.2 Å². The normalized spacial score (nSPS) is 12.7. The van der Waals surface area contributed by atoms with Crippen LogP contribution in [0.25, 0.3) is 10.9 Å². The van der Waals surface area contributed by atoms with Gasteiger partial charge in [0, 0.05) is 10.9 Å². The third-order valence-corrected chi connectivity index (χ3v) is 4.50. The molecule has 27 heavy (non-hydrogen) atoms. The molecule has 3 rings (SSSR count). The molecule has 0 aliphatic heterocycles. The maximum Gasteiger partial charge on any atom is 0.268 e. The van der Waals surface area contributed by atoms with E-state index in [1.54, 1.807) is 6.07 Å². The number of halogens is 1. The molecule has 0 saturated heterocycles. The molecule has 2 amide bonds. The molecule has 0 bridgehead atoms. The zero-order valence-corrected chi connectivity index (χ0v) is 15.5. The molecule has 0 aliphatic carbocycles. The number of hydrogen-bond donors (Lipinski definition) is 3. The largest absolute Gasteiger partial charge is 0.368 e. The van der Waals surface area contributed by atoms with Gasteiger partial charge in [0.15, 0.2) is 0 Å². The van der Waals surface area contributed by atoms with E-state index in [0.717, 1.165) is 16.5 Å². The third-order valence-electron chi connectivity index (χ3n) is 4.50. The second-order valence-electron chi connectivity index (χ2n) is 7.60. The lowest BCUT2D eigenvalue weighted by Crippen LogP contribution is -2.37. The second kappa shape index (κ2) is 6.87. The van der Waals surface area contributed by atoms with E-state index in [2.05, 4.69) is 31.1 Å². The number of amides is 2. The molecule has 4 N–H and O–H groups in total. The van der Waals surface area contributed by atoms with E-state index in [1.807, 2.05) is 18.2 Å². The molecule has 1 unspecified atom stereocenters. The van der Waals surface area contributed by atoms with Crippen molar-refractivity contribution < 1.29 is 14.0 Å². The molecule has 0 spiro atoms. The minimum atomic E-state index is -1.05. The number of nitrogens with one attached hydrogen (secondary N) is 2. The molecular weight excluding hydrogens is 345 g/mol. The smallest absolute Gasteiger partial charge is 0.268 e. The molecule has 0 aliphatic rings. The third kappa shape index (κ3) is 4.00. The number of benzene rings is 2. The van der Waals surface area contributed by atoms with Gasteiger partial charge in [-0.15, -0.1) is 0 Å². The van der Waals surface area contributed by atoms with Gasteiger partial charge in [-0.25, -0.2) is 4.39 Å². The van der Waals surface area contributed by atoms with Gasteiger partial charge in [-0.05, 0) is 40.8 Å². The lowest BCUT2D eigenvalue weighted by molar-refractivity contribution is -0.120. The summed E-state index contributed by atoms with van der Waals surface area (Å²) in [4.78, 5) is 27.5. The Kier molecular flexibility index (Phi) is 4.74. The average molecular weight is 367 g/mol. The van der Waals surface area contributed by atoms with Crippen molar-refractivity contribution in [2.24, 2.45) is 5.73 Å². The summed E-state index contributed by atoms with van der Waals surface area (Å²) in [7, 11) is 0. The number of hydrogen-bond acceptors (Lipinski definition) is 2. The van der Waals surface area contributed by atoms with Crippen LogP contribution in [0.5, 0.6) is 0 Å². The predicted octanol–water partition coefficient (Wildman–Crippen LogP) is 3.56. The first-order chi connectivity index (χ1) is 12.6. The number of carbonyl (C=O) groups is 2. The van der Waals surface area contributed by atoms with E-state index in [0.29, 0.717) is 11.3 Å². The summed E-state index contributed by atoms with van der Waals surface area (Å²) in [6.07, 6.45) is 0. The van der Waals surface area contributed by atoms with Crippen LogP contribution in [0.4, 0.5) is 4.39 Å². The van der Waals surface area contributed by atoms with Crippen molar-refractivity contribution in [3.8, 4) is 0 Å². The molecule has 1 heterocycles. The predicted molar refractivity (Wildman–Crippen MR) is 103 cm³/mol. The van der Waals surface area contributed by atoms with Gasteiger partial charge in [-0.1, -0.05) is 45.0 Å². The molecule has 5 nitrogen and oxygen atoms in total. The van der Waals surface area contributed by atoms with Gasteiger partial charge in [-0.2, -0.15) is 0 Å². The van der Waals surface area contributed by atoms with E-state index in [-0.39, 0.29) is 5.41 Å². The number of fused-ring (bicyclic) bond motifs is 1. The topological polar surface area (TPSA) is 88.0 Å². The van der Waals surface area contributed by atoms with E-state index in [1.165, 1.54) is 24.3 Å². The van der Waals surface area contributed by atoms with Gasteiger partial charge in [0.25, 0.3) is 5.91 Å². The highest BCUT2D eigenvalue weighted by Gasteiger charge is 2.22. The van der Waals surface area contributed by atoms with Crippen LogP contribution in [0.1, 0.15) is 48.4 Å². The van der Waals surface area contributed by atoms with Crippen molar-refractivity contribution in [3.05, 3.63) is 71.2 Å². The van der Waals surface area contributed by atoms with Crippen molar-refractivity contribution in [2.75, 3.05) is 0 Å². The Morgan fingerprint density at radius 2 is 1.74 bits per heavy atom. The molecule has 6 heteroatoms. The summed E-state index contributed by atoms with van der Waals surface area (Å²) in [6.45, 7) is 6.35. The van der Waals surface area contributed by atoms with Crippen LogP contribution in [0.3, 0.4) is 0 Å². The Hall–Kier alpha value is -3.15. The van der Waals surface area contributed by atoms with Gasteiger partial charge < -0.3 is 16.0 Å². The lowest BCUT2D eigenvalue weighted by Gasteiger charge is -2.18. The highest BCUT2D eigenvalue weighted by Crippen LogP contribution is 2.26. The minimum absolute atomic E-state index is 0.0125. The Labute approximate surface area is 156 Å². The molecular formula is C21H22FN3O2. The van der Waals surface area contributed by atoms with Gasteiger partial charge in [0.2, 0.25) is 5.91 Å². The summed E-state index contributed by atoms with van der Waals surface area (Å²) in [6, 6.07) is 11.9. The SMILES string of the molecule is CC(C)(C)c1ccc2cc(C(=O)NC(C(N)=O)c3ccc(F)cc3)[nH]c2c1. The average Bonchev–Trinajstić information content (AvgIpc) is 3.03. The van der Waals surface area contributed by atoms with Gasteiger partial charge in [0.05, 0.1) is 0 Å². The van der Waals surface area contributed by atoms with Crippen LogP contribution in [0, 0.1) is 5.82 Å². The first-order valence-corrected chi connectivity index (χ1v) is 8.64. The molecule has 1 aromatic heterocycles. The Morgan fingerprint density at radius 3 is 2.33 bits per heavy atom. The summed E-state index contributed by atoms with van der Waals surface area (Å²) >= 11 is 0. The highest BCUT2D eigenvalue weighted by atomic mass is 19.1.